The molecule has 1 aromatic heterocycles. The molecule has 20 heavy (non-hydrogen) atoms. The molecule has 0 spiro atoms. The van der Waals surface area contributed by atoms with Crippen LogP contribution in [0, 0.1) is 5.92 Å². The molecule has 114 valence electrons. The largest absolute Gasteiger partial charge is 0.392 e. The van der Waals surface area contributed by atoms with Gasteiger partial charge in [-0.05, 0) is 25.7 Å². The smallest absolute Gasteiger partial charge is 0.232 e. The van der Waals surface area contributed by atoms with E-state index in [1.54, 1.807) is 0 Å². The van der Waals surface area contributed by atoms with E-state index in [-0.39, 0.29) is 18.1 Å². The van der Waals surface area contributed by atoms with Gasteiger partial charge in [0.15, 0.2) is 0 Å². The third kappa shape index (κ3) is 3.58. The molecule has 3 unspecified atom stereocenters. The van der Waals surface area contributed by atoms with Crippen molar-refractivity contribution < 1.29 is 14.4 Å². The van der Waals surface area contributed by atoms with Crippen molar-refractivity contribution in [1.29, 1.82) is 0 Å². The molecule has 5 heteroatoms. The van der Waals surface area contributed by atoms with Crippen LogP contribution in [0.3, 0.4) is 0 Å². The number of aromatic nitrogens is 2. The van der Waals surface area contributed by atoms with Crippen molar-refractivity contribution in [3.05, 3.63) is 11.7 Å². The first-order valence-corrected chi connectivity index (χ1v) is 7.76. The average molecular weight is 282 g/mol. The van der Waals surface area contributed by atoms with Gasteiger partial charge in [-0.15, -0.1) is 0 Å². The lowest BCUT2D eigenvalue weighted by Gasteiger charge is -2.17. The molecule has 1 aromatic rings. The van der Waals surface area contributed by atoms with Gasteiger partial charge in [0.25, 0.3) is 0 Å². The average Bonchev–Trinajstić information content (AvgIpc) is 2.78. The lowest BCUT2D eigenvalue weighted by molar-refractivity contribution is 0.0217. The highest BCUT2D eigenvalue weighted by Gasteiger charge is 2.30. The summed E-state index contributed by atoms with van der Waals surface area (Å²) in [7, 11) is 0. The van der Waals surface area contributed by atoms with E-state index < -0.39 is 0 Å². The first kappa shape index (κ1) is 15.4. The van der Waals surface area contributed by atoms with E-state index >= 15 is 0 Å². The highest BCUT2D eigenvalue weighted by Crippen LogP contribution is 2.32. The van der Waals surface area contributed by atoms with Crippen molar-refractivity contribution in [3.63, 3.8) is 0 Å². The Kier molecular flexibility index (Phi) is 5.54. The zero-order chi connectivity index (χ0) is 14.5. The summed E-state index contributed by atoms with van der Waals surface area (Å²) in [6.07, 6.45) is 4.59. The van der Waals surface area contributed by atoms with Crippen LogP contribution < -0.4 is 0 Å². The molecule has 3 atom stereocenters. The van der Waals surface area contributed by atoms with Crippen LogP contribution in [0.5, 0.6) is 0 Å². The van der Waals surface area contributed by atoms with Crippen molar-refractivity contribution in [2.75, 3.05) is 6.61 Å². The van der Waals surface area contributed by atoms with Gasteiger partial charge < -0.3 is 14.4 Å². The molecule has 0 radical (unpaired) electrons. The van der Waals surface area contributed by atoms with Crippen molar-refractivity contribution in [2.24, 2.45) is 5.92 Å². The fraction of sp³-hybridized carbons (Fsp3) is 0.867. The molecule has 1 saturated carbocycles. The van der Waals surface area contributed by atoms with Crippen LogP contribution in [0.25, 0.3) is 0 Å². The summed E-state index contributed by atoms with van der Waals surface area (Å²) in [6.45, 7) is 6.75. The summed E-state index contributed by atoms with van der Waals surface area (Å²) >= 11 is 0. The Labute approximate surface area is 120 Å². The minimum Gasteiger partial charge on any atom is -0.392 e. The molecule has 5 nitrogen and oxygen atoms in total. The van der Waals surface area contributed by atoms with E-state index in [2.05, 4.69) is 24.0 Å². The second-order valence-electron chi connectivity index (χ2n) is 5.92. The first-order valence-electron chi connectivity index (χ1n) is 7.76. The summed E-state index contributed by atoms with van der Waals surface area (Å²) in [5.41, 5.74) is 0. The molecular formula is C15H26N2O3. The zero-order valence-electron chi connectivity index (χ0n) is 12.7. The Hall–Kier alpha value is -0.940. The lowest BCUT2D eigenvalue weighted by atomic mass is 9.97. The number of ether oxygens (including phenoxy) is 1. The Morgan fingerprint density at radius 3 is 2.75 bits per heavy atom. The van der Waals surface area contributed by atoms with E-state index in [4.69, 9.17) is 9.26 Å². The Morgan fingerprint density at radius 2 is 2.05 bits per heavy atom. The minimum absolute atomic E-state index is 0.0202. The standard InChI is InChI=1S/C15H26N2O3/c1-4-19-13(10(2)3)14-16-15(20-17-14)11-8-6-5-7-9-12(11)18/h10-13,18H,4-9H2,1-3H3. The number of hydrogen-bond donors (Lipinski definition) is 1. The Bertz CT molecular complexity index is 406. The van der Waals surface area contributed by atoms with Crippen molar-refractivity contribution >= 4 is 0 Å². The van der Waals surface area contributed by atoms with Gasteiger partial charge in [0, 0.05) is 6.61 Å². The maximum atomic E-state index is 10.2. The van der Waals surface area contributed by atoms with Gasteiger partial charge in [-0.2, -0.15) is 4.98 Å². The lowest BCUT2D eigenvalue weighted by Crippen LogP contribution is -2.18. The fourth-order valence-electron chi connectivity index (χ4n) is 2.83. The fourth-order valence-corrected chi connectivity index (χ4v) is 2.83. The quantitative estimate of drug-likeness (QED) is 0.840. The summed E-state index contributed by atoms with van der Waals surface area (Å²) in [5, 5.41) is 14.3. The van der Waals surface area contributed by atoms with Crippen LogP contribution in [-0.2, 0) is 4.74 Å². The topological polar surface area (TPSA) is 68.4 Å². The van der Waals surface area contributed by atoms with E-state index in [9.17, 15) is 5.11 Å². The zero-order valence-corrected chi connectivity index (χ0v) is 12.7. The number of hydrogen-bond acceptors (Lipinski definition) is 5. The molecule has 1 fully saturated rings. The molecule has 1 aliphatic carbocycles. The van der Waals surface area contributed by atoms with E-state index in [1.807, 2.05) is 6.92 Å². The minimum atomic E-state index is -0.365. The van der Waals surface area contributed by atoms with Crippen molar-refractivity contribution in [3.8, 4) is 0 Å². The molecule has 0 bridgehead atoms. The molecule has 0 amide bonds. The van der Waals surface area contributed by atoms with Crippen LogP contribution in [0.2, 0.25) is 0 Å². The number of aliphatic hydroxyl groups excluding tert-OH is 1. The number of nitrogens with zero attached hydrogens (tertiary/aromatic N) is 2. The second-order valence-corrected chi connectivity index (χ2v) is 5.92. The summed E-state index contributed by atoms with van der Waals surface area (Å²) in [5.74, 6) is 1.45. The van der Waals surface area contributed by atoms with Gasteiger partial charge in [-0.25, -0.2) is 0 Å². The highest BCUT2D eigenvalue weighted by atomic mass is 16.5. The van der Waals surface area contributed by atoms with Gasteiger partial charge in [0.05, 0.1) is 12.0 Å². The maximum Gasteiger partial charge on any atom is 0.232 e. The van der Waals surface area contributed by atoms with Crippen LogP contribution >= 0.6 is 0 Å². The van der Waals surface area contributed by atoms with Crippen LogP contribution in [0.15, 0.2) is 4.52 Å². The molecule has 0 aromatic carbocycles. The van der Waals surface area contributed by atoms with Gasteiger partial charge in [-0.1, -0.05) is 38.3 Å². The highest BCUT2D eigenvalue weighted by molar-refractivity contribution is 5.00. The third-order valence-electron chi connectivity index (χ3n) is 3.96. The summed E-state index contributed by atoms with van der Waals surface area (Å²) < 4.78 is 11.1. The molecule has 0 saturated heterocycles. The molecule has 0 aliphatic heterocycles. The summed E-state index contributed by atoms with van der Waals surface area (Å²) in [6, 6.07) is 0. The van der Waals surface area contributed by atoms with Gasteiger partial charge in [0.1, 0.15) is 6.10 Å². The SMILES string of the molecule is CCOC(c1noc(C2CCCCCC2O)n1)C(C)C. The van der Waals surface area contributed by atoms with Crippen molar-refractivity contribution in [1.82, 2.24) is 10.1 Å². The number of aliphatic hydroxyl groups is 1. The monoisotopic (exact) mass is 282 g/mol. The van der Waals surface area contributed by atoms with Crippen LogP contribution in [0.1, 0.15) is 76.6 Å². The molecule has 1 N–H and O–H groups in total. The number of rotatable bonds is 5. The molecule has 1 heterocycles. The predicted molar refractivity (Wildman–Crippen MR) is 75.3 cm³/mol. The second kappa shape index (κ2) is 7.18. The first-order chi connectivity index (χ1) is 9.63. The van der Waals surface area contributed by atoms with E-state index in [0.29, 0.717) is 24.2 Å². The Balaban J connectivity index is 2.14. The van der Waals surface area contributed by atoms with Crippen LogP contribution in [-0.4, -0.2) is 28.0 Å². The normalized spacial score (nSPS) is 25.6. The molecular weight excluding hydrogens is 256 g/mol. The van der Waals surface area contributed by atoms with Crippen molar-refractivity contribution in [2.45, 2.75) is 71.0 Å². The van der Waals surface area contributed by atoms with Crippen LogP contribution in [0.4, 0.5) is 0 Å². The van der Waals surface area contributed by atoms with Gasteiger partial charge in [0.2, 0.25) is 11.7 Å². The van der Waals surface area contributed by atoms with Gasteiger partial charge >= 0.3 is 0 Å². The molecule has 2 rings (SSSR count). The van der Waals surface area contributed by atoms with E-state index in [0.717, 1.165) is 25.7 Å². The maximum absolute atomic E-state index is 10.2. The van der Waals surface area contributed by atoms with E-state index in [1.165, 1.54) is 6.42 Å². The predicted octanol–water partition coefficient (Wildman–Crippen LogP) is 3.21. The van der Waals surface area contributed by atoms with Gasteiger partial charge in [-0.3, -0.25) is 0 Å². The summed E-state index contributed by atoms with van der Waals surface area (Å²) in [4.78, 5) is 4.50. The molecule has 1 aliphatic rings. The third-order valence-corrected chi connectivity index (χ3v) is 3.96. The Morgan fingerprint density at radius 1 is 1.30 bits per heavy atom.